The van der Waals surface area contributed by atoms with Crippen LogP contribution in [0.1, 0.15) is 53.6 Å². The molecule has 3 aromatic carbocycles. The smallest absolute Gasteiger partial charge is 0.265 e. The van der Waals surface area contributed by atoms with Gasteiger partial charge in [0.15, 0.2) is 0 Å². The predicted molar refractivity (Wildman–Crippen MR) is 144 cm³/mol. The third-order valence-corrected chi connectivity index (χ3v) is 7.79. The first-order chi connectivity index (χ1) is 17.1. The van der Waals surface area contributed by atoms with E-state index in [2.05, 4.69) is 5.32 Å². The lowest BCUT2D eigenvalue weighted by Crippen LogP contribution is -2.36. The van der Waals surface area contributed by atoms with Crippen LogP contribution >= 0.6 is 23.4 Å². The third kappa shape index (κ3) is 5.63. The van der Waals surface area contributed by atoms with Gasteiger partial charge in [-0.15, -0.1) is 0 Å². The van der Waals surface area contributed by atoms with Crippen molar-refractivity contribution in [2.24, 2.45) is 0 Å². The van der Waals surface area contributed by atoms with Crippen LogP contribution in [0.3, 0.4) is 0 Å². The van der Waals surface area contributed by atoms with Gasteiger partial charge < -0.3 is 10.2 Å². The van der Waals surface area contributed by atoms with Gasteiger partial charge in [-0.2, -0.15) is 0 Å². The van der Waals surface area contributed by atoms with E-state index in [1.54, 1.807) is 4.90 Å². The number of para-hydroxylation sites is 1. The topological polar surface area (TPSA) is 49.4 Å². The Morgan fingerprint density at radius 3 is 2.54 bits per heavy atom. The molecule has 1 aliphatic carbocycles. The summed E-state index contributed by atoms with van der Waals surface area (Å²) in [7, 11) is 0. The van der Waals surface area contributed by atoms with Crippen LogP contribution in [-0.2, 0) is 11.3 Å². The lowest BCUT2D eigenvalue weighted by atomic mass is 9.95. The molecule has 5 rings (SSSR count). The molecule has 0 spiro atoms. The average molecular weight is 503 g/mol. The van der Waals surface area contributed by atoms with Gasteiger partial charge in [-0.05, 0) is 66.4 Å². The Morgan fingerprint density at radius 1 is 1.00 bits per heavy atom. The van der Waals surface area contributed by atoms with E-state index in [0.717, 1.165) is 34.6 Å². The lowest BCUT2D eigenvalue weighted by molar-refractivity contribution is -0.114. The van der Waals surface area contributed by atoms with Gasteiger partial charge in [-0.1, -0.05) is 79.0 Å². The van der Waals surface area contributed by atoms with Crippen LogP contribution in [-0.4, -0.2) is 17.9 Å². The van der Waals surface area contributed by atoms with Crippen molar-refractivity contribution in [1.29, 1.82) is 0 Å². The van der Waals surface area contributed by atoms with E-state index in [0.29, 0.717) is 22.0 Å². The summed E-state index contributed by atoms with van der Waals surface area (Å²) in [5.41, 5.74) is 3.40. The van der Waals surface area contributed by atoms with E-state index in [1.807, 2.05) is 78.9 Å². The highest BCUT2D eigenvalue weighted by atomic mass is 35.5. The number of hydrogen-bond donors (Lipinski definition) is 1. The SMILES string of the molecule is O=C(NC1CCCCC1)c1ccc(C=C2Sc3ccccc3N(Cc3cccc(Cl)c3)C2=O)cc1. The van der Waals surface area contributed by atoms with Gasteiger partial charge in [-0.3, -0.25) is 9.59 Å². The number of nitrogens with one attached hydrogen (secondary N) is 1. The number of amides is 2. The van der Waals surface area contributed by atoms with Crippen LogP contribution in [0.5, 0.6) is 0 Å². The highest BCUT2D eigenvalue weighted by Crippen LogP contribution is 2.42. The maximum atomic E-state index is 13.5. The van der Waals surface area contributed by atoms with Crippen molar-refractivity contribution in [2.75, 3.05) is 4.90 Å². The Bertz CT molecular complexity index is 1270. The zero-order valence-electron chi connectivity index (χ0n) is 19.4. The number of anilines is 1. The van der Waals surface area contributed by atoms with Gasteiger partial charge in [0, 0.05) is 21.5 Å². The second-order valence-electron chi connectivity index (χ2n) is 9.03. The Labute approximate surface area is 215 Å². The molecule has 0 unspecified atom stereocenters. The molecule has 1 saturated carbocycles. The fraction of sp³-hybridized carbons (Fsp3) is 0.241. The largest absolute Gasteiger partial charge is 0.349 e. The second kappa shape index (κ2) is 10.7. The van der Waals surface area contributed by atoms with Gasteiger partial charge in [0.05, 0.1) is 17.1 Å². The van der Waals surface area contributed by atoms with Crippen molar-refractivity contribution in [3.05, 3.63) is 99.4 Å². The van der Waals surface area contributed by atoms with Crippen molar-refractivity contribution in [3.63, 3.8) is 0 Å². The van der Waals surface area contributed by atoms with E-state index in [4.69, 9.17) is 11.6 Å². The van der Waals surface area contributed by atoms with E-state index in [1.165, 1.54) is 31.0 Å². The molecule has 0 radical (unpaired) electrons. The summed E-state index contributed by atoms with van der Waals surface area (Å²) in [6.07, 6.45) is 7.64. The quantitative estimate of drug-likeness (QED) is 0.379. The molecule has 0 aromatic heterocycles. The molecule has 2 amide bonds. The van der Waals surface area contributed by atoms with Crippen LogP contribution in [0.4, 0.5) is 5.69 Å². The molecule has 0 bridgehead atoms. The molecule has 0 atom stereocenters. The molecule has 3 aromatic rings. The van der Waals surface area contributed by atoms with E-state index in [9.17, 15) is 9.59 Å². The molecule has 6 heteroatoms. The van der Waals surface area contributed by atoms with Crippen LogP contribution in [0, 0.1) is 0 Å². The molecule has 1 heterocycles. The molecule has 0 saturated heterocycles. The van der Waals surface area contributed by atoms with Gasteiger partial charge in [0.25, 0.3) is 11.8 Å². The molecule has 1 fully saturated rings. The number of hydrogen-bond acceptors (Lipinski definition) is 3. The minimum absolute atomic E-state index is 0.0270. The monoisotopic (exact) mass is 502 g/mol. The molecule has 2 aliphatic rings. The number of halogens is 1. The summed E-state index contributed by atoms with van der Waals surface area (Å²) in [5, 5.41) is 3.81. The zero-order valence-corrected chi connectivity index (χ0v) is 20.9. The third-order valence-electron chi connectivity index (χ3n) is 6.47. The van der Waals surface area contributed by atoms with Crippen molar-refractivity contribution < 1.29 is 9.59 Å². The van der Waals surface area contributed by atoms with Gasteiger partial charge in [0.1, 0.15) is 0 Å². The lowest BCUT2D eigenvalue weighted by Gasteiger charge is -2.30. The van der Waals surface area contributed by atoms with Crippen molar-refractivity contribution in [2.45, 2.75) is 49.6 Å². The number of carbonyl (C=O) groups is 2. The fourth-order valence-electron chi connectivity index (χ4n) is 4.63. The standard InChI is InChI=1S/C29H27ClN2O2S/c30-23-8-6-7-21(17-23)19-32-25-11-4-5-12-26(25)35-27(29(32)34)18-20-13-15-22(16-14-20)28(33)31-24-9-2-1-3-10-24/h4-8,11-18,24H,1-3,9-10,19H2,(H,31,33). The normalized spacial score (nSPS) is 17.3. The predicted octanol–water partition coefficient (Wildman–Crippen LogP) is 7.08. The number of thioether (sulfide) groups is 1. The first-order valence-electron chi connectivity index (χ1n) is 12.0. The fourth-order valence-corrected chi connectivity index (χ4v) is 5.91. The van der Waals surface area contributed by atoms with E-state index >= 15 is 0 Å². The molecule has 35 heavy (non-hydrogen) atoms. The Hall–Kier alpha value is -3.02. The maximum absolute atomic E-state index is 13.5. The van der Waals surface area contributed by atoms with Gasteiger partial charge in [0.2, 0.25) is 0 Å². The zero-order chi connectivity index (χ0) is 24.2. The first kappa shape index (κ1) is 23.7. The van der Waals surface area contributed by atoms with Crippen LogP contribution in [0.15, 0.2) is 82.6 Å². The number of carbonyl (C=O) groups excluding carboxylic acids is 2. The first-order valence-corrected chi connectivity index (χ1v) is 13.2. The molecular formula is C29H27ClN2O2S. The van der Waals surface area contributed by atoms with E-state index in [-0.39, 0.29) is 17.9 Å². The van der Waals surface area contributed by atoms with Gasteiger partial charge in [-0.25, -0.2) is 0 Å². The summed E-state index contributed by atoms with van der Waals surface area (Å²) in [4.78, 5) is 29.6. The number of nitrogens with zero attached hydrogens (tertiary/aromatic N) is 1. The summed E-state index contributed by atoms with van der Waals surface area (Å²) in [5.74, 6) is -0.0753. The molecule has 1 N–H and O–H groups in total. The van der Waals surface area contributed by atoms with Crippen LogP contribution < -0.4 is 10.2 Å². The van der Waals surface area contributed by atoms with Crippen molar-refractivity contribution in [1.82, 2.24) is 5.32 Å². The summed E-state index contributed by atoms with van der Waals surface area (Å²) in [6, 6.07) is 23.3. The Morgan fingerprint density at radius 2 is 1.77 bits per heavy atom. The average Bonchev–Trinajstić information content (AvgIpc) is 2.87. The highest BCUT2D eigenvalue weighted by molar-refractivity contribution is 8.04. The number of rotatable bonds is 5. The van der Waals surface area contributed by atoms with Crippen LogP contribution in [0.2, 0.25) is 5.02 Å². The Balaban J connectivity index is 1.36. The molecule has 178 valence electrons. The molecular weight excluding hydrogens is 476 g/mol. The molecule has 4 nitrogen and oxygen atoms in total. The highest BCUT2D eigenvalue weighted by Gasteiger charge is 2.29. The molecule has 1 aliphatic heterocycles. The second-order valence-corrected chi connectivity index (χ2v) is 10.6. The number of benzene rings is 3. The van der Waals surface area contributed by atoms with Gasteiger partial charge >= 0.3 is 0 Å². The van der Waals surface area contributed by atoms with Crippen molar-refractivity contribution in [3.8, 4) is 0 Å². The van der Waals surface area contributed by atoms with E-state index < -0.39 is 0 Å². The summed E-state index contributed by atoms with van der Waals surface area (Å²) < 4.78 is 0. The summed E-state index contributed by atoms with van der Waals surface area (Å²) >= 11 is 7.65. The number of fused-ring (bicyclic) bond motifs is 1. The Kier molecular flexibility index (Phi) is 7.26. The minimum atomic E-state index is -0.0483. The maximum Gasteiger partial charge on any atom is 0.265 e. The van der Waals surface area contributed by atoms with Crippen LogP contribution in [0.25, 0.3) is 6.08 Å². The summed E-state index contributed by atoms with van der Waals surface area (Å²) in [6.45, 7) is 0.439. The minimum Gasteiger partial charge on any atom is -0.349 e. The van der Waals surface area contributed by atoms with Crippen molar-refractivity contribution >= 4 is 46.9 Å².